The summed E-state index contributed by atoms with van der Waals surface area (Å²) in [5.41, 5.74) is 6.24. The average molecular weight is 385 g/mol. The highest BCUT2D eigenvalue weighted by Gasteiger charge is 2.20. The van der Waals surface area contributed by atoms with Gasteiger partial charge in [0.15, 0.2) is 5.58 Å². The van der Waals surface area contributed by atoms with E-state index in [-0.39, 0.29) is 0 Å². The van der Waals surface area contributed by atoms with Crippen LogP contribution in [0.5, 0.6) is 0 Å². The SMILES string of the molecule is O=c1[nH]c2cccc(N3CCN(Cc4ccc(-c5ccccc5)cc4)CC3)c2o1. The van der Waals surface area contributed by atoms with E-state index in [2.05, 4.69) is 63.3 Å². The van der Waals surface area contributed by atoms with E-state index < -0.39 is 5.76 Å². The van der Waals surface area contributed by atoms with Crippen LogP contribution < -0.4 is 10.7 Å². The van der Waals surface area contributed by atoms with E-state index >= 15 is 0 Å². The molecule has 1 fully saturated rings. The van der Waals surface area contributed by atoms with Gasteiger partial charge in [0.25, 0.3) is 0 Å². The number of rotatable bonds is 4. The highest BCUT2D eigenvalue weighted by Crippen LogP contribution is 2.26. The number of oxazole rings is 1. The minimum atomic E-state index is -0.398. The van der Waals surface area contributed by atoms with E-state index in [4.69, 9.17) is 4.42 Å². The first kappa shape index (κ1) is 17.8. The van der Waals surface area contributed by atoms with Crippen molar-refractivity contribution >= 4 is 16.8 Å². The second kappa shape index (κ2) is 7.60. The quantitative estimate of drug-likeness (QED) is 0.574. The van der Waals surface area contributed by atoms with Crippen LogP contribution >= 0.6 is 0 Å². The lowest BCUT2D eigenvalue weighted by molar-refractivity contribution is 0.250. The number of fused-ring (bicyclic) bond motifs is 1. The number of hydrogen-bond acceptors (Lipinski definition) is 4. The molecule has 1 aliphatic heterocycles. The molecule has 4 aromatic rings. The molecule has 0 saturated carbocycles. The molecule has 0 bridgehead atoms. The second-order valence-electron chi connectivity index (χ2n) is 7.49. The van der Waals surface area contributed by atoms with Crippen molar-refractivity contribution in [3.63, 3.8) is 0 Å². The zero-order valence-electron chi connectivity index (χ0n) is 16.2. The predicted octanol–water partition coefficient (Wildman–Crippen LogP) is 4.11. The number of benzene rings is 3. The Kier molecular flexibility index (Phi) is 4.66. The number of aromatic amines is 1. The van der Waals surface area contributed by atoms with Gasteiger partial charge in [-0.05, 0) is 28.8 Å². The van der Waals surface area contributed by atoms with Gasteiger partial charge in [0.1, 0.15) is 0 Å². The molecule has 2 heterocycles. The Morgan fingerprint density at radius 3 is 2.28 bits per heavy atom. The fourth-order valence-corrected chi connectivity index (χ4v) is 4.05. The van der Waals surface area contributed by atoms with Gasteiger partial charge >= 0.3 is 5.76 Å². The summed E-state index contributed by atoms with van der Waals surface area (Å²) in [5, 5.41) is 0. The van der Waals surface area contributed by atoms with Crippen LogP contribution in [0.2, 0.25) is 0 Å². The van der Waals surface area contributed by atoms with Gasteiger partial charge in [-0.1, -0.05) is 60.7 Å². The van der Waals surface area contributed by atoms with E-state index in [0.717, 1.165) is 43.9 Å². The summed E-state index contributed by atoms with van der Waals surface area (Å²) >= 11 is 0. The van der Waals surface area contributed by atoms with Gasteiger partial charge in [-0.3, -0.25) is 9.88 Å². The molecule has 0 atom stereocenters. The number of piperazine rings is 1. The van der Waals surface area contributed by atoms with E-state index in [0.29, 0.717) is 5.58 Å². The number of H-pyrrole nitrogens is 1. The largest absolute Gasteiger partial charge is 0.417 e. The Morgan fingerprint density at radius 2 is 1.52 bits per heavy atom. The van der Waals surface area contributed by atoms with Gasteiger partial charge in [-0.2, -0.15) is 0 Å². The summed E-state index contributed by atoms with van der Waals surface area (Å²) in [7, 11) is 0. The van der Waals surface area contributed by atoms with Crippen molar-refractivity contribution < 1.29 is 4.42 Å². The first-order chi connectivity index (χ1) is 14.3. The normalized spacial score (nSPS) is 15.1. The molecule has 0 radical (unpaired) electrons. The van der Waals surface area contributed by atoms with Crippen LogP contribution in [0.3, 0.4) is 0 Å². The zero-order chi connectivity index (χ0) is 19.6. The molecule has 1 aliphatic rings. The molecule has 29 heavy (non-hydrogen) atoms. The maximum absolute atomic E-state index is 11.5. The molecule has 1 N–H and O–H groups in total. The van der Waals surface area contributed by atoms with Crippen LogP contribution in [0.15, 0.2) is 82.0 Å². The second-order valence-corrected chi connectivity index (χ2v) is 7.49. The van der Waals surface area contributed by atoms with Crippen LogP contribution in [-0.4, -0.2) is 36.1 Å². The molecule has 5 nitrogen and oxygen atoms in total. The van der Waals surface area contributed by atoms with Crippen LogP contribution in [-0.2, 0) is 6.54 Å². The third-order valence-corrected chi connectivity index (χ3v) is 5.61. The fourth-order valence-electron chi connectivity index (χ4n) is 4.05. The molecule has 3 aromatic carbocycles. The van der Waals surface area contributed by atoms with Crippen LogP contribution in [0.1, 0.15) is 5.56 Å². The van der Waals surface area contributed by atoms with Gasteiger partial charge in [-0.25, -0.2) is 4.79 Å². The minimum absolute atomic E-state index is 0.398. The maximum atomic E-state index is 11.5. The van der Waals surface area contributed by atoms with Gasteiger partial charge < -0.3 is 9.32 Å². The molecule has 146 valence electrons. The summed E-state index contributed by atoms with van der Waals surface area (Å²) in [6.07, 6.45) is 0. The summed E-state index contributed by atoms with van der Waals surface area (Å²) in [5.74, 6) is -0.398. The van der Waals surface area contributed by atoms with E-state index in [1.165, 1.54) is 16.7 Å². The van der Waals surface area contributed by atoms with Crippen molar-refractivity contribution in [3.05, 3.63) is 88.9 Å². The zero-order valence-corrected chi connectivity index (χ0v) is 16.2. The number of nitrogens with zero attached hydrogens (tertiary/aromatic N) is 2. The van der Waals surface area contributed by atoms with Crippen molar-refractivity contribution in [3.8, 4) is 11.1 Å². The van der Waals surface area contributed by atoms with E-state index in [9.17, 15) is 4.79 Å². The average Bonchev–Trinajstić information content (AvgIpc) is 3.16. The van der Waals surface area contributed by atoms with Gasteiger partial charge in [0.05, 0.1) is 11.2 Å². The highest BCUT2D eigenvalue weighted by atomic mass is 16.4. The Balaban J connectivity index is 1.23. The molecule has 5 heteroatoms. The van der Waals surface area contributed by atoms with Crippen molar-refractivity contribution in [1.29, 1.82) is 0 Å². The molecule has 0 spiro atoms. The van der Waals surface area contributed by atoms with Crippen LogP contribution in [0.25, 0.3) is 22.2 Å². The lowest BCUT2D eigenvalue weighted by atomic mass is 10.0. The standard InChI is InChI=1S/C24H23N3O2/c28-24-25-21-7-4-8-22(23(21)29-24)27-15-13-26(14-16-27)17-18-9-11-20(12-10-18)19-5-2-1-3-6-19/h1-12H,13-17H2,(H,25,28). The number of hydrogen-bond donors (Lipinski definition) is 1. The Bertz CT molecular complexity index is 1150. The smallest absolute Gasteiger partial charge is 0.406 e. The predicted molar refractivity (Wildman–Crippen MR) is 116 cm³/mol. The number of nitrogens with one attached hydrogen (secondary N) is 1. The molecule has 0 aliphatic carbocycles. The van der Waals surface area contributed by atoms with Crippen molar-refractivity contribution in [2.24, 2.45) is 0 Å². The van der Waals surface area contributed by atoms with Crippen molar-refractivity contribution in [2.45, 2.75) is 6.54 Å². The summed E-state index contributed by atoms with van der Waals surface area (Å²) < 4.78 is 5.36. The number of para-hydroxylation sites is 1. The number of anilines is 1. The molecule has 0 amide bonds. The lowest BCUT2D eigenvalue weighted by Crippen LogP contribution is -2.46. The fraction of sp³-hybridized carbons (Fsp3) is 0.208. The number of aromatic nitrogens is 1. The lowest BCUT2D eigenvalue weighted by Gasteiger charge is -2.36. The third-order valence-electron chi connectivity index (χ3n) is 5.61. The van der Waals surface area contributed by atoms with Crippen molar-refractivity contribution in [1.82, 2.24) is 9.88 Å². The third kappa shape index (κ3) is 3.69. The van der Waals surface area contributed by atoms with Gasteiger partial charge in [0, 0.05) is 32.7 Å². The van der Waals surface area contributed by atoms with Crippen molar-refractivity contribution in [2.75, 3.05) is 31.1 Å². The maximum Gasteiger partial charge on any atom is 0.417 e. The van der Waals surface area contributed by atoms with E-state index in [1.807, 2.05) is 24.3 Å². The highest BCUT2D eigenvalue weighted by molar-refractivity contribution is 5.86. The van der Waals surface area contributed by atoms with E-state index in [1.54, 1.807) is 0 Å². The molecular formula is C24H23N3O2. The summed E-state index contributed by atoms with van der Waals surface area (Å²) in [4.78, 5) is 19.1. The molecule has 5 rings (SSSR count). The summed E-state index contributed by atoms with van der Waals surface area (Å²) in [6, 6.07) is 25.2. The molecule has 1 aromatic heterocycles. The first-order valence-corrected chi connectivity index (χ1v) is 10.00. The van der Waals surface area contributed by atoms with Gasteiger partial charge in [0.2, 0.25) is 0 Å². The van der Waals surface area contributed by atoms with Gasteiger partial charge in [-0.15, -0.1) is 0 Å². The monoisotopic (exact) mass is 385 g/mol. The molecular weight excluding hydrogens is 362 g/mol. The van der Waals surface area contributed by atoms with Crippen LogP contribution in [0.4, 0.5) is 5.69 Å². The minimum Gasteiger partial charge on any atom is -0.406 e. The Hall–Kier alpha value is -3.31. The Morgan fingerprint density at radius 1 is 0.793 bits per heavy atom. The first-order valence-electron chi connectivity index (χ1n) is 10.00. The molecule has 0 unspecified atom stereocenters. The summed E-state index contributed by atoms with van der Waals surface area (Å²) in [6.45, 7) is 4.73. The Labute approximate surface area is 169 Å². The van der Waals surface area contributed by atoms with Crippen LogP contribution in [0, 0.1) is 0 Å². The molecule has 1 saturated heterocycles. The topological polar surface area (TPSA) is 52.5 Å².